The minimum atomic E-state index is -0.477. The highest BCUT2D eigenvalue weighted by Gasteiger charge is 2.12. The van der Waals surface area contributed by atoms with Crippen molar-refractivity contribution in [1.29, 1.82) is 0 Å². The molecule has 0 amide bonds. The van der Waals surface area contributed by atoms with Gasteiger partial charge in [0.1, 0.15) is 0 Å². The lowest BCUT2D eigenvalue weighted by Crippen LogP contribution is -2.06. The van der Waals surface area contributed by atoms with Crippen molar-refractivity contribution in [3.63, 3.8) is 0 Å². The summed E-state index contributed by atoms with van der Waals surface area (Å²) in [5.74, 6) is 0. The van der Waals surface area contributed by atoms with Crippen molar-refractivity contribution in [3.8, 4) is 0 Å². The van der Waals surface area contributed by atoms with Gasteiger partial charge >= 0.3 is 0 Å². The van der Waals surface area contributed by atoms with Crippen molar-refractivity contribution < 1.29 is 4.92 Å². The number of hydrogen-bond donors (Lipinski definition) is 2. The van der Waals surface area contributed by atoms with Crippen LogP contribution in [0.3, 0.4) is 0 Å². The van der Waals surface area contributed by atoms with Gasteiger partial charge in [-0.1, -0.05) is 11.6 Å². The van der Waals surface area contributed by atoms with Gasteiger partial charge in [0.05, 0.1) is 27.9 Å². The molecule has 18 heavy (non-hydrogen) atoms. The van der Waals surface area contributed by atoms with Gasteiger partial charge in [-0.15, -0.1) is 0 Å². The van der Waals surface area contributed by atoms with Crippen molar-refractivity contribution >= 4 is 23.0 Å². The van der Waals surface area contributed by atoms with E-state index in [9.17, 15) is 10.1 Å². The molecule has 2 N–H and O–H groups in total. The summed E-state index contributed by atoms with van der Waals surface area (Å²) in [6, 6.07) is 4.34. The first kappa shape index (κ1) is 12.4. The van der Waals surface area contributed by atoms with Crippen LogP contribution in [-0.2, 0) is 0 Å². The van der Waals surface area contributed by atoms with Gasteiger partial charge in [-0.3, -0.25) is 15.2 Å². The Morgan fingerprint density at radius 2 is 2.33 bits per heavy atom. The first-order chi connectivity index (χ1) is 8.58. The molecule has 0 bridgehead atoms. The molecule has 0 aliphatic rings. The van der Waals surface area contributed by atoms with Crippen LogP contribution in [0.2, 0.25) is 5.02 Å². The molecule has 0 radical (unpaired) electrons. The quantitative estimate of drug-likeness (QED) is 0.658. The molecule has 1 aromatic heterocycles. The van der Waals surface area contributed by atoms with Crippen LogP contribution >= 0.6 is 11.6 Å². The highest BCUT2D eigenvalue weighted by Crippen LogP contribution is 2.29. The smallest absolute Gasteiger partial charge is 0.271 e. The summed E-state index contributed by atoms with van der Waals surface area (Å²) in [6.07, 6.45) is 3.48. The van der Waals surface area contributed by atoms with E-state index in [1.165, 1.54) is 12.1 Å². The van der Waals surface area contributed by atoms with Gasteiger partial charge in [0.15, 0.2) is 0 Å². The van der Waals surface area contributed by atoms with Gasteiger partial charge in [-0.2, -0.15) is 5.10 Å². The summed E-state index contributed by atoms with van der Waals surface area (Å²) in [5.41, 5.74) is 1.60. The van der Waals surface area contributed by atoms with E-state index in [0.29, 0.717) is 10.7 Å². The molecule has 6 nitrogen and oxygen atoms in total. The molecular formula is C11H11ClN4O2. The molecule has 0 spiro atoms. The SMILES string of the molecule is CC(Nc1ccc([N+](=O)[O-])cc1Cl)c1cn[nH]c1. The molecule has 1 aromatic carbocycles. The Balaban J connectivity index is 2.17. The number of anilines is 1. The molecule has 0 aliphatic heterocycles. The third-order valence-electron chi connectivity index (χ3n) is 2.55. The number of hydrogen-bond acceptors (Lipinski definition) is 4. The monoisotopic (exact) mass is 266 g/mol. The van der Waals surface area contributed by atoms with E-state index in [1.54, 1.807) is 18.5 Å². The minimum Gasteiger partial charge on any atom is -0.377 e. The summed E-state index contributed by atoms with van der Waals surface area (Å²) >= 11 is 5.99. The van der Waals surface area contributed by atoms with E-state index >= 15 is 0 Å². The Kier molecular flexibility index (Phi) is 3.47. The number of aromatic nitrogens is 2. The number of rotatable bonds is 4. The predicted molar refractivity (Wildman–Crippen MR) is 68.7 cm³/mol. The highest BCUT2D eigenvalue weighted by atomic mass is 35.5. The van der Waals surface area contributed by atoms with Gasteiger partial charge in [0, 0.05) is 23.9 Å². The first-order valence-corrected chi connectivity index (χ1v) is 5.65. The Morgan fingerprint density at radius 1 is 1.56 bits per heavy atom. The molecule has 0 saturated heterocycles. The lowest BCUT2D eigenvalue weighted by atomic mass is 10.2. The van der Waals surface area contributed by atoms with E-state index in [2.05, 4.69) is 15.5 Å². The van der Waals surface area contributed by atoms with Crippen molar-refractivity contribution in [2.75, 3.05) is 5.32 Å². The molecule has 7 heteroatoms. The second-order valence-corrected chi connectivity index (χ2v) is 4.23. The molecule has 1 unspecified atom stereocenters. The standard InChI is InChI=1S/C11H11ClN4O2/c1-7(8-5-13-14-6-8)15-11-3-2-9(16(17)18)4-10(11)12/h2-7,15H,1H3,(H,13,14). The van der Waals surface area contributed by atoms with Crippen molar-refractivity contribution in [1.82, 2.24) is 10.2 Å². The van der Waals surface area contributed by atoms with Crippen LogP contribution in [0.25, 0.3) is 0 Å². The fourth-order valence-electron chi connectivity index (χ4n) is 1.55. The number of halogens is 1. The molecule has 2 rings (SSSR count). The molecule has 0 saturated carbocycles. The summed E-state index contributed by atoms with van der Waals surface area (Å²) in [6.45, 7) is 1.95. The minimum absolute atomic E-state index is 0.00251. The van der Waals surface area contributed by atoms with E-state index < -0.39 is 4.92 Å². The molecular weight excluding hydrogens is 256 g/mol. The topological polar surface area (TPSA) is 83.8 Å². The zero-order valence-corrected chi connectivity index (χ0v) is 10.3. The maximum atomic E-state index is 10.6. The van der Waals surface area contributed by atoms with E-state index in [1.807, 2.05) is 6.92 Å². The summed E-state index contributed by atoms with van der Waals surface area (Å²) < 4.78 is 0. The normalized spacial score (nSPS) is 12.1. The first-order valence-electron chi connectivity index (χ1n) is 5.27. The number of nitrogens with one attached hydrogen (secondary N) is 2. The summed E-state index contributed by atoms with van der Waals surface area (Å²) in [7, 11) is 0. The number of non-ortho nitro benzene ring substituents is 1. The Hall–Kier alpha value is -2.08. The van der Waals surface area contributed by atoms with Crippen LogP contribution < -0.4 is 5.32 Å². The molecule has 2 aromatic rings. The van der Waals surface area contributed by atoms with Gasteiger partial charge in [-0.25, -0.2) is 0 Å². The molecule has 1 heterocycles. The van der Waals surface area contributed by atoms with Crippen molar-refractivity contribution in [2.24, 2.45) is 0 Å². The van der Waals surface area contributed by atoms with Crippen LogP contribution in [0.15, 0.2) is 30.6 Å². The lowest BCUT2D eigenvalue weighted by Gasteiger charge is -2.14. The third-order valence-corrected chi connectivity index (χ3v) is 2.87. The van der Waals surface area contributed by atoms with Crippen molar-refractivity contribution in [3.05, 3.63) is 51.3 Å². The number of nitro groups is 1. The number of H-pyrrole nitrogens is 1. The lowest BCUT2D eigenvalue weighted by molar-refractivity contribution is -0.384. The Bertz CT molecular complexity index is 556. The Labute approximate surface area is 108 Å². The van der Waals surface area contributed by atoms with Crippen LogP contribution in [0, 0.1) is 10.1 Å². The van der Waals surface area contributed by atoms with Gasteiger partial charge < -0.3 is 5.32 Å². The average molecular weight is 267 g/mol. The van der Waals surface area contributed by atoms with E-state index in [4.69, 9.17) is 11.6 Å². The van der Waals surface area contributed by atoms with E-state index in [0.717, 1.165) is 5.56 Å². The highest BCUT2D eigenvalue weighted by molar-refractivity contribution is 6.33. The summed E-state index contributed by atoms with van der Waals surface area (Å²) in [4.78, 5) is 10.1. The fourth-order valence-corrected chi connectivity index (χ4v) is 1.78. The zero-order valence-electron chi connectivity index (χ0n) is 9.55. The number of nitrogens with zero attached hydrogens (tertiary/aromatic N) is 2. The average Bonchev–Trinajstić information content (AvgIpc) is 2.85. The third kappa shape index (κ3) is 2.60. The van der Waals surface area contributed by atoms with E-state index in [-0.39, 0.29) is 11.7 Å². The largest absolute Gasteiger partial charge is 0.377 e. The maximum absolute atomic E-state index is 10.6. The molecule has 0 aliphatic carbocycles. The maximum Gasteiger partial charge on any atom is 0.271 e. The zero-order chi connectivity index (χ0) is 13.1. The van der Waals surface area contributed by atoms with Crippen molar-refractivity contribution in [2.45, 2.75) is 13.0 Å². The van der Waals surface area contributed by atoms with Crippen LogP contribution in [0.5, 0.6) is 0 Å². The second kappa shape index (κ2) is 5.05. The fraction of sp³-hybridized carbons (Fsp3) is 0.182. The second-order valence-electron chi connectivity index (χ2n) is 3.82. The predicted octanol–water partition coefficient (Wildman–Crippen LogP) is 3.14. The molecule has 1 atom stereocenters. The van der Waals surface area contributed by atoms with Gasteiger partial charge in [-0.05, 0) is 13.0 Å². The Morgan fingerprint density at radius 3 is 2.89 bits per heavy atom. The number of aromatic amines is 1. The molecule has 0 fully saturated rings. The van der Waals surface area contributed by atoms with Crippen LogP contribution in [0.1, 0.15) is 18.5 Å². The van der Waals surface area contributed by atoms with Crippen LogP contribution in [0.4, 0.5) is 11.4 Å². The molecule has 94 valence electrons. The van der Waals surface area contributed by atoms with Gasteiger partial charge in [0.2, 0.25) is 0 Å². The number of nitro benzene ring substituents is 1. The summed E-state index contributed by atoms with van der Waals surface area (Å²) in [5, 5.41) is 20.7. The van der Waals surface area contributed by atoms with Crippen LogP contribution in [-0.4, -0.2) is 15.1 Å². The van der Waals surface area contributed by atoms with Gasteiger partial charge in [0.25, 0.3) is 5.69 Å². The number of benzene rings is 1.